The van der Waals surface area contributed by atoms with Gasteiger partial charge in [0.2, 0.25) is 0 Å². The average molecular weight is 342 g/mol. The zero-order valence-electron chi connectivity index (χ0n) is 11.3. The third-order valence-electron chi connectivity index (χ3n) is 3.37. The summed E-state index contributed by atoms with van der Waals surface area (Å²) in [6, 6.07) is 14.9. The molecule has 0 bridgehead atoms. The first kappa shape index (κ1) is 13.8. The maximum Gasteiger partial charge on any atom is 0.336 e. The standard InChI is InChI=1S/C17H12BrNO2/c1-10-5-7-11(8-6-10)15-9-13(17(20)21)12-3-2-4-14(18)16(12)19-15/h2-9H,1H3,(H,20,21). The number of hydrogen-bond donors (Lipinski definition) is 1. The first-order chi connectivity index (χ1) is 10.1. The monoisotopic (exact) mass is 341 g/mol. The van der Waals surface area contributed by atoms with Gasteiger partial charge < -0.3 is 5.11 Å². The molecular formula is C17H12BrNO2. The summed E-state index contributed by atoms with van der Waals surface area (Å²) in [5.74, 6) is -0.950. The number of para-hydroxylation sites is 1. The van der Waals surface area contributed by atoms with Crippen LogP contribution >= 0.6 is 15.9 Å². The Morgan fingerprint density at radius 1 is 1.14 bits per heavy atom. The Bertz CT molecular complexity index is 841. The van der Waals surface area contributed by atoms with Gasteiger partial charge in [-0.3, -0.25) is 0 Å². The molecule has 21 heavy (non-hydrogen) atoms. The number of carbonyl (C=O) groups is 1. The molecule has 0 fully saturated rings. The van der Waals surface area contributed by atoms with Crippen molar-refractivity contribution in [3.8, 4) is 11.3 Å². The Kier molecular flexibility index (Phi) is 3.47. The molecule has 0 unspecified atom stereocenters. The Morgan fingerprint density at radius 3 is 2.52 bits per heavy atom. The third kappa shape index (κ3) is 2.54. The molecule has 0 radical (unpaired) electrons. The molecule has 1 N–H and O–H groups in total. The fraction of sp³-hybridized carbons (Fsp3) is 0.0588. The van der Waals surface area contributed by atoms with Gasteiger partial charge in [0.25, 0.3) is 0 Å². The van der Waals surface area contributed by atoms with Crippen molar-refractivity contribution in [2.75, 3.05) is 0 Å². The largest absolute Gasteiger partial charge is 0.478 e. The maximum absolute atomic E-state index is 11.5. The van der Waals surface area contributed by atoms with Gasteiger partial charge in [-0.05, 0) is 35.0 Å². The van der Waals surface area contributed by atoms with E-state index in [0.717, 1.165) is 15.6 Å². The number of benzene rings is 2. The van der Waals surface area contributed by atoms with E-state index in [4.69, 9.17) is 0 Å². The highest BCUT2D eigenvalue weighted by Crippen LogP contribution is 2.29. The highest BCUT2D eigenvalue weighted by Gasteiger charge is 2.14. The summed E-state index contributed by atoms with van der Waals surface area (Å²) < 4.78 is 0.788. The number of aromatic carboxylic acids is 1. The number of fused-ring (bicyclic) bond motifs is 1. The predicted molar refractivity (Wildman–Crippen MR) is 86.6 cm³/mol. The van der Waals surface area contributed by atoms with Crippen LogP contribution in [0, 0.1) is 6.92 Å². The average Bonchev–Trinajstić information content (AvgIpc) is 2.47. The summed E-state index contributed by atoms with van der Waals surface area (Å²) in [6.45, 7) is 2.01. The van der Waals surface area contributed by atoms with Gasteiger partial charge in [-0.15, -0.1) is 0 Å². The minimum absolute atomic E-state index is 0.261. The third-order valence-corrected chi connectivity index (χ3v) is 4.01. The van der Waals surface area contributed by atoms with E-state index in [9.17, 15) is 9.90 Å². The van der Waals surface area contributed by atoms with Gasteiger partial charge in [0.15, 0.2) is 0 Å². The number of halogens is 1. The quantitative estimate of drug-likeness (QED) is 0.736. The molecule has 1 aromatic heterocycles. The van der Waals surface area contributed by atoms with Crippen LogP contribution in [0.2, 0.25) is 0 Å². The molecule has 3 rings (SSSR count). The van der Waals surface area contributed by atoms with E-state index in [1.165, 1.54) is 0 Å². The van der Waals surface area contributed by atoms with Gasteiger partial charge in [-0.1, -0.05) is 42.0 Å². The molecule has 3 aromatic rings. The zero-order chi connectivity index (χ0) is 15.0. The van der Waals surface area contributed by atoms with Crippen molar-refractivity contribution < 1.29 is 9.90 Å². The van der Waals surface area contributed by atoms with Gasteiger partial charge in [0, 0.05) is 15.4 Å². The van der Waals surface area contributed by atoms with Crippen LogP contribution in [0.1, 0.15) is 15.9 Å². The lowest BCUT2D eigenvalue weighted by molar-refractivity contribution is 0.0699. The fourth-order valence-corrected chi connectivity index (χ4v) is 2.72. The molecule has 4 heteroatoms. The number of aryl methyl sites for hydroxylation is 1. The SMILES string of the molecule is Cc1ccc(-c2cc(C(=O)O)c3cccc(Br)c3n2)cc1. The summed E-state index contributed by atoms with van der Waals surface area (Å²) in [5, 5.41) is 10.1. The molecule has 0 spiro atoms. The highest BCUT2D eigenvalue weighted by atomic mass is 79.9. The molecule has 0 saturated carbocycles. The molecule has 104 valence electrons. The number of aromatic nitrogens is 1. The van der Waals surface area contributed by atoms with Crippen molar-refractivity contribution in [1.82, 2.24) is 4.98 Å². The van der Waals surface area contributed by atoms with Crippen LogP contribution < -0.4 is 0 Å². The topological polar surface area (TPSA) is 50.2 Å². The second-order valence-electron chi connectivity index (χ2n) is 4.86. The molecule has 0 aliphatic rings. The van der Waals surface area contributed by atoms with E-state index in [0.29, 0.717) is 16.6 Å². The molecule has 0 atom stereocenters. The van der Waals surface area contributed by atoms with Crippen LogP contribution in [-0.4, -0.2) is 16.1 Å². The molecule has 3 nitrogen and oxygen atoms in total. The Hall–Kier alpha value is -2.20. The van der Waals surface area contributed by atoms with Gasteiger partial charge in [0.1, 0.15) is 0 Å². The lowest BCUT2D eigenvalue weighted by atomic mass is 10.0. The van der Waals surface area contributed by atoms with Gasteiger partial charge in [0.05, 0.1) is 16.8 Å². The lowest BCUT2D eigenvalue weighted by Crippen LogP contribution is -2.00. The Balaban J connectivity index is 2.32. The number of hydrogen-bond acceptors (Lipinski definition) is 2. The van der Waals surface area contributed by atoms with Gasteiger partial charge >= 0.3 is 5.97 Å². The first-order valence-electron chi connectivity index (χ1n) is 6.46. The van der Waals surface area contributed by atoms with Crippen LogP contribution in [-0.2, 0) is 0 Å². The van der Waals surface area contributed by atoms with Crippen molar-refractivity contribution in [2.45, 2.75) is 6.92 Å². The van der Waals surface area contributed by atoms with Crippen LogP contribution in [0.5, 0.6) is 0 Å². The summed E-state index contributed by atoms with van der Waals surface area (Å²) >= 11 is 3.44. The van der Waals surface area contributed by atoms with Gasteiger partial charge in [-0.2, -0.15) is 0 Å². The smallest absolute Gasteiger partial charge is 0.336 e. The van der Waals surface area contributed by atoms with Crippen molar-refractivity contribution in [3.05, 3.63) is 64.1 Å². The normalized spacial score (nSPS) is 10.8. The first-order valence-corrected chi connectivity index (χ1v) is 7.25. The van der Waals surface area contributed by atoms with Crippen molar-refractivity contribution in [1.29, 1.82) is 0 Å². The van der Waals surface area contributed by atoms with Crippen molar-refractivity contribution >= 4 is 32.8 Å². The number of carboxylic acids is 1. The van der Waals surface area contributed by atoms with Crippen LogP contribution in [0.4, 0.5) is 0 Å². The molecule has 2 aromatic carbocycles. The van der Waals surface area contributed by atoms with E-state index in [1.54, 1.807) is 12.1 Å². The molecule has 0 aliphatic heterocycles. The molecular weight excluding hydrogens is 330 g/mol. The van der Waals surface area contributed by atoms with E-state index < -0.39 is 5.97 Å². The van der Waals surface area contributed by atoms with Crippen LogP contribution in [0.3, 0.4) is 0 Å². The number of pyridine rings is 1. The summed E-state index contributed by atoms with van der Waals surface area (Å²) in [6.07, 6.45) is 0. The number of carboxylic acid groups (broad SMARTS) is 1. The molecule has 1 heterocycles. The van der Waals surface area contributed by atoms with Crippen LogP contribution in [0.25, 0.3) is 22.2 Å². The Labute approximate surface area is 130 Å². The minimum Gasteiger partial charge on any atom is -0.478 e. The molecule has 0 aliphatic carbocycles. The number of nitrogens with zero attached hydrogens (tertiary/aromatic N) is 1. The number of rotatable bonds is 2. The Morgan fingerprint density at radius 2 is 1.86 bits per heavy atom. The maximum atomic E-state index is 11.5. The zero-order valence-corrected chi connectivity index (χ0v) is 12.9. The second kappa shape index (κ2) is 5.30. The minimum atomic E-state index is -0.950. The molecule has 0 amide bonds. The van der Waals surface area contributed by atoms with Crippen molar-refractivity contribution in [2.24, 2.45) is 0 Å². The van der Waals surface area contributed by atoms with E-state index in [1.807, 2.05) is 43.3 Å². The van der Waals surface area contributed by atoms with E-state index in [-0.39, 0.29) is 5.56 Å². The van der Waals surface area contributed by atoms with E-state index in [2.05, 4.69) is 20.9 Å². The van der Waals surface area contributed by atoms with Crippen molar-refractivity contribution in [3.63, 3.8) is 0 Å². The predicted octanol–water partition coefficient (Wildman–Crippen LogP) is 4.67. The summed E-state index contributed by atoms with van der Waals surface area (Å²) in [4.78, 5) is 16.1. The second-order valence-corrected chi connectivity index (χ2v) is 5.72. The van der Waals surface area contributed by atoms with Crippen LogP contribution in [0.15, 0.2) is 53.0 Å². The molecule has 0 saturated heterocycles. The van der Waals surface area contributed by atoms with E-state index >= 15 is 0 Å². The fourth-order valence-electron chi connectivity index (χ4n) is 2.26. The summed E-state index contributed by atoms with van der Waals surface area (Å²) in [7, 11) is 0. The lowest BCUT2D eigenvalue weighted by Gasteiger charge is -2.08. The summed E-state index contributed by atoms with van der Waals surface area (Å²) in [5.41, 5.74) is 3.64. The van der Waals surface area contributed by atoms with Gasteiger partial charge in [-0.25, -0.2) is 9.78 Å². The highest BCUT2D eigenvalue weighted by molar-refractivity contribution is 9.10.